The Balaban J connectivity index is 2.01. The fourth-order valence-electron chi connectivity index (χ4n) is 1.88. The highest BCUT2D eigenvalue weighted by Crippen LogP contribution is 2.13. The zero-order chi connectivity index (χ0) is 13.5. The van der Waals surface area contributed by atoms with Crippen molar-refractivity contribution in [2.75, 3.05) is 11.9 Å². The average Bonchev–Trinajstić information content (AvgIpc) is 2.47. The molecule has 0 saturated carbocycles. The fourth-order valence-corrected chi connectivity index (χ4v) is 1.88. The molecule has 0 unspecified atom stereocenters. The van der Waals surface area contributed by atoms with Gasteiger partial charge in [-0.25, -0.2) is 0 Å². The second-order valence-corrected chi connectivity index (χ2v) is 4.38. The van der Waals surface area contributed by atoms with E-state index >= 15 is 0 Å². The molecule has 2 rings (SSSR count). The van der Waals surface area contributed by atoms with Crippen molar-refractivity contribution in [1.82, 2.24) is 0 Å². The van der Waals surface area contributed by atoms with E-state index < -0.39 is 0 Å². The lowest BCUT2D eigenvalue weighted by atomic mass is 10.1. The average molecular weight is 254 g/mol. The first-order chi connectivity index (χ1) is 9.29. The highest BCUT2D eigenvalue weighted by atomic mass is 16.1. The van der Waals surface area contributed by atoms with Crippen LogP contribution in [0.1, 0.15) is 22.3 Å². The van der Waals surface area contributed by atoms with Crippen LogP contribution in [0, 0.1) is 0 Å². The Hall–Kier alpha value is -2.13. The van der Waals surface area contributed by atoms with Crippen LogP contribution >= 0.6 is 0 Å². The zero-order valence-corrected chi connectivity index (χ0v) is 10.8. The molecular formula is C16H18N2O. The summed E-state index contributed by atoms with van der Waals surface area (Å²) in [7, 11) is 0. The van der Waals surface area contributed by atoms with Crippen LogP contribution in [0.15, 0.2) is 54.6 Å². The number of hydrogen-bond acceptors (Lipinski definition) is 3. The van der Waals surface area contributed by atoms with Gasteiger partial charge in [0.1, 0.15) is 0 Å². The maximum absolute atomic E-state index is 11.8. The molecule has 0 aromatic heterocycles. The molecule has 98 valence electrons. The van der Waals surface area contributed by atoms with Crippen LogP contribution in [0.3, 0.4) is 0 Å². The summed E-state index contributed by atoms with van der Waals surface area (Å²) in [5.41, 5.74) is 8.27. The minimum absolute atomic E-state index is 0.0888. The molecule has 0 fully saturated rings. The lowest BCUT2D eigenvalue weighted by Crippen LogP contribution is -2.08. The second kappa shape index (κ2) is 6.71. The van der Waals surface area contributed by atoms with Gasteiger partial charge < -0.3 is 11.1 Å². The van der Waals surface area contributed by atoms with Crippen LogP contribution in [-0.4, -0.2) is 12.3 Å². The third-order valence-corrected chi connectivity index (χ3v) is 2.90. The van der Waals surface area contributed by atoms with E-state index in [4.69, 9.17) is 5.73 Å². The molecular weight excluding hydrogens is 236 g/mol. The Labute approximate surface area is 113 Å². The fraction of sp³-hybridized carbons (Fsp3) is 0.188. The minimum Gasteiger partial charge on any atom is -0.381 e. The van der Waals surface area contributed by atoms with E-state index in [9.17, 15) is 4.79 Å². The number of carbonyl (C=O) groups excluding carboxylic acids is 1. The van der Waals surface area contributed by atoms with Gasteiger partial charge in [0, 0.05) is 24.2 Å². The molecule has 2 aromatic carbocycles. The van der Waals surface area contributed by atoms with Gasteiger partial charge in [-0.15, -0.1) is 0 Å². The van der Waals surface area contributed by atoms with Gasteiger partial charge in [0.2, 0.25) is 0 Å². The summed E-state index contributed by atoms with van der Waals surface area (Å²) in [6.45, 7) is 1.13. The van der Waals surface area contributed by atoms with E-state index in [0.717, 1.165) is 12.2 Å². The molecule has 3 nitrogen and oxygen atoms in total. The summed E-state index contributed by atoms with van der Waals surface area (Å²) in [5.74, 6) is 0.0888. The standard InChI is InChI=1S/C16H18N2O/c17-10-9-16(19)14-7-4-8-15(11-14)18-12-13-5-2-1-3-6-13/h1-8,11,18H,9-10,12,17H2. The van der Waals surface area contributed by atoms with Crippen molar-refractivity contribution >= 4 is 11.5 Å². The van der Waals surface area contributed by atoms with Crippen molar-refractivity contribution in [3.63, 3.8) is 0 Å². The monoisotopic (exact) mass is 254 g/mol. The molecule has 3 N–H and O–H groups in total. The number of carbonyl (C=O) groups is 1. The van der Waals surface area contributed by atoms with Crippen molar-refractivity contribution < 1.29 is 4.79 Å². The zero-order valence-electron chi connectivity index (χ0n) is 10.8. The summed E-state index contributed by atoms with van der Waals surface area (Å²) in [5, 5.41) is 3.31. The van der Waals surface area contributed by atoms with Gasteiger partial charge >= 0.3 is 0 Å². The number of Topliss-reactive ketones (excluding diaryl/α,β-unsaturated/α-hetero) is 1. The summed E-state index contributed by atoms with van der Waals surface area (Å²) in [6.07, 6.45) is 0.391. The van der Waals surface area contributed by atoms with Crippen molar-refractivity contribution in [2.24, 2.45) is 5.73 Å². The maximum Gasteiger partial charge on any atom is 0.164 e. The first kappa shape index (κ1) is 13.3. The Bertz CT molecular complexity index is 537. The Morgan fingerprint density at radius 1 is 1.05 bits per heavy atom. The normalized spacial score (nSPS) is 10.2. The molecule has 19 heavy (non-hydrogen) atoms. The molecule has 0 atom stereocenters. The van der Waals surface area contributed by atoms with Crippen LogP contribution in [0.2, 0.25) is 0 Å². The Morgan fingerprint density at radius 2 is 1.84 bits per heavy atom. The predicted octanol–water partition coefficient (Wildman–Crippen LogP) is 2.83. The second-order valence-electron chi connectivity index (χ2n) is 4.38. The number of rotatable bonds is 6. The van der Waals surface area contributed by atoms with Crippen LogP contribution in [0.5, 0.6) is 0 Å². The molecule has 0 spiro atoms. The first-order valence-corrected chi connectivity index (χ1v) is 6.41. The third-order valence-electron chi connectivity index (χ3n) is 2.90. The molecule has 2 aromatic rings. The van der Waals surface area contributed by atoms with E-state index in [1.807, 2.05) is 42.5 Å². The Kier molecular flexibility index (Phi) is 4.70. The summed E-state index contributed by atoms with van der Waals surface area (Å²) >= 11 is 0. The van der Waals surface area contributed by atoms with Crippen LogP contribution in [0.25, 0.3) is 0 Å². The van der Waals surface area contributed by atoms with Gasteiger partial charge in [-0.3, -0.25) is 4.79 Å². The SMILES string of the molecule is NCCC(=O)c1cccc(NCc2ccccc2)c1. The highest BCUT2D eigenvalue weighted by Gasteiger charge is 2.04. The molecule has 0 amide bonds. The van der Waals surface area contributed by atoms with Gasteiger partial charge in [0.05, 0.1) is 0 Å². The molecule has 0 aliphatic heterocycles. The number of ketones is 1. The summed E-state index contributed by atoms with van der Waals surface area (Å²) in [4.78, 5) is 11.8. The summed E-state index contributed by atoms with van der Waals surface area (Å²) in [6, 6.07) is 17.7. The lowest BCUT2D eigenvalue weighted by Gasteiger charge is -2.08. The van der Waals surface area contributed by atoms with E-state index in [1.165, 1.54) is 5.56 Å². The Morgan fingerprint density at radius 3 is 2.58 bits per heavy atom. The molecule has 0 radical (unpaired) electrons. The van der Waals surface area contributed by atoms with Crippen LogP contribution in [0.4, 0.5) is 5.69 Å². The smallest absolute Gasteiger partial charge is 0.164 e. The largest absolute Gasteiger partial charge is 0.381 e. The predicted molar refractivity (Wildman–Crippen MR) is 78.2 cm³/mol. The van der Waals surface area contributed by atoms with Gasteiger partial charge in [-0.1, -0.05) is 42.5 Å². The lowest BCUT2D eigenvalue weighted by molar-refractivity contribution is 0.0985. The van der Waals surface area contributed by atoms with Gasteiger partial charge in [0.25, 0.3) is 0 Å². The molecule has 0 aliphatic rings. The van der Waals surface area contributed by atoms with E-state index in [2.05, 4.69) is 17.4 Å². The van der Waals surface area contributed by atoms with Gasteiger partial charge in [0.15, 0.2) is 5.78 Å². The van der Waals surface area contributed by atoms with Crippen molar-refractivity contribution in [1.29, 1.82) is 0 Å². The number of hydrogen-bond donors (Lipinski definition) is 2. The molecule has 3 heteroatoms. The molecule has 0 heterocycles. The minimum atomic E-state index is 0.0888. The molecule has 0 saturated heterocycles. The number of benzene rings is 2. The van der Waals surface area contributed by atoms with E-state index in [1.54, 1.807) is 0 Å². The molecule has 0 aliphatic carbocycles. The van der Waals surface area contributed by atoms with E-state index in [-0.39, 0.29) is 5.78 Å². The number of nitrogens with two attached hydrogens (primary N) is 1. The highest BCUT2D eigenvalue weighted by molar-refractivity contribution is 5.97. The number of nitrogens with one attached hydrogen (secondary N) is 1. The van der Waals surface area contributed by atoms with Crippen molar-refractivity contribution in [2.45, 2.75) is 13.0 Å². The summed E-state index contributed by atoms with van der Waals surface area (Å²) < 4.78 is 0. The number of anilines is 1. The topological polar surface area (TPSA) is 55.1 Å². The van der Waals surface area contributed by atoms with Crippen molar-refractivity contribution in [3.8, 4) is 0 Å². The quantitative estimate of drug-likeness (QED) is 0.779. The third kappa shape index (κ3) is 3.93. The van der Waals surface area contributed by atoms with Crippen LogP contribution in [-0.2, 0) is 6.54 Å². The first-order valence-electron chi connectivity index (χ1n) is 6.41. The van der Waals surface area contributed by atoms with Crippen molar-refractivity contribution in [3.05, 3.63) is 65.7 Å². The maximum atomic E-state index is 11.8. The van der Waals surface area contributed by atoms with E-state index in [0.29, 0.717) is 18.5 Å². The van der Waals surface area contributed by atoms with Gasteiger partial charge in [-0.2, -0.15) is 0 Å². The van der Waals surface area contributed by atoms with Gasteiger partial charge in [-0.05, 0) is 24.2 Å². The van der Waals surface area contributed by atoms with Crippen LogP contribution < -0.4 is 11.1 Å². The molecule has 0 bridgehead atoms.